The third-order valence-electron chi connectivity index (χ3n) is 2.93. The minimum Gasteiger partial charge on any atom is -0.395 e. The largest absolute Gasteiger partial charge is 0.395 e. The van der Waals surface area contributed by atoms with Gasteiger partial charge in [0, 0.05) is 35.3 Å². The van der Waals surface area contributed by atoms with E-state index in [0.29, 0.717) is 0 Å². The maximum Gasteiger partial charge on any atom is 0.271 e. The first-order valence-electron chi connectivity index (χ1n) is 5.89. The molecule has 0 saturated heterocycles. The third kappa shape index (κ3) is 3.21. The van der Waals surface area contributed by atoms with Crippen LogP contribution >= 0.6 is 11.6 Å². The molecule has 102 valence electrons. The van der Waals surface area contributed by atoms with Gasteiger partial charge in [-0.1, -0.05) is 11.6 Å². The number of hydrogen-bond donors (Lipinski definition) is 1. The summed E-state index contributed by atoms with van der Waals surface area (Å²) in [6.07, 6.45) is 1.79. The van der Waals surface area contributed by atoms with E-state index in [0.717, 1.165) is 12.8 Å². The average Bonchev–Trinajstić information content (AvgIpc) is 3.18. The van der Waals surface area contributed by atoms with Gasteiger partial charge in [0.05, 0.1) is 11.5 Å². The Morgan fingerprint density at radius 3 is 2.68 bits per heavy atom. The molecule has 0 heterocycles. The fraction of sp³-hybridized carbons (Fsp3) is 0.417. The van der Waals surface area contributed by atoms with Crippen molar-refractivity contribution in [3.63, 3.8) is 0 Å². The van der Waals surface area contributed by atoms with E-state index in [1.54, 1.807) is 0 Å². The molecule has 1 fully saturated rings. The van der Waals surface area contributed by atoms with Gasteiger partial charge in [-0.25, -0.2) is 0 Å². The zero-order valence-electron chi connectivity index (χ0n) is 10.1. The molecule has 7 heteroatoms. The summed E-state index contributed by atoms with van der Waals surface area (Å²) in [6.45, 7) is 0.0920. The third-order valence-corrected chi connectivity index (χ3v) is 3.15. The molecule has 1 aliphatic rings. The van der Waals surface area contributed by atoms with Crippen molar-refractivity contribution in [3.05, 3.63) is 38.9 Å². The topological polar surface area (TPSA) is 83.7 Å². The molecule has 1 N–H and O–H groups in total. The molecule has 1 aliphatic carbocycles. The van der Waals surface area contributed by atoms with Crippen LogP contribution in [-0.2, 0) is 0 Å². The van der Waals surface area contributed by atoms with E-state index in [1.165, 1.54) is 23.1 Å². The highest BCUT2D eigenvalue weighted by molar-refractivity contribution is 6.31. The molecule has 1 aromatic rings. The summed E-state index contributed by atoms with van der Waals surface area (Å²) in [5, 5.41) is 19.9. The monoisotopic (exact) mass is 284 g/mol. The second-order valence-corrected chi connectivity index (χ2v) is 4.84. The maximum absolute atomic E-state index is 12.3. The van der Waals surface area contributed by atoms with Gasteiger partial charge >= 0.3 is 0 Å². The molecule has 1 aromatic carbocycles. The summed E-state index contributed by atoms with van der Waals surface area (Å²) in [5.74, 6) is -0.331. The number of rotatable bonds is 5. The van der Waals surface area contributed by atoms with Gasteiger partial charge in [0.1, 0.15) is 0 Å². The predicted octanol–water partition coefficient (Wildman–Crippen LogP) is 1.85. The molecule has 0 bridgehead atoms. The van der Waals surface area contributed by atoms with E-state index in [-0.39, 0.29) is 41.4 Å². The maximum atomic E-state index is 12.3. The summed E-state index contributed by atoms with van der Waals surface area (Å²) in [4.78, 5) is 24.0. The number of non-ortho nitro benzene ring substituents is 1. The van der Waals surface area contributed by atoms with E-state index in [2.05, 4.69) is 0 Å². The fourth-order valence-electron chi connectivity index (χ4n) is 1.91. The summed E-state index contributed by atoms with van der Waals surface area (Å²) in [7, 11) is 0. The van der Waals surface area contributed by atoms with Crippen molar-refractivity contribution < 1.29 is 14.8 Å². The van der Waals surface area contributed by atoms with Crippen molar-refractivity contribution in [1.82, 2.24) is 4.90 Å². The SMILES string of the molecule is O=C(c1cc(Cl)cc([N+](=O)[O-])c1)N(CCO)C1CC1. The van der Waals surface area contributed by atoms with Crippen LogP contribution in [0.4, 0.5) is 5.69 Å². The molecular formula is C12H13ClN2O4. The smallest absolute Gasteiger partial charge is 0.271 e. The first-order valence-corrected chi connectivity index (χ1v) is 6.27. The molecule has 6 nitrogen and oxygen atoms in total. The van der Waals surface area contributed by atoms with Crippen LogP contribution < -0.4 is 0 Å². The number of hydrogen-bond acceptors (Lipinski definition) is 4. The number of nitrogens with zero attached hydrogens (tertiary/aromatic N) is 2. The van der Waals surface area contributed by atoms with Crippen molar-refractivity contribution in [2.75, 3.05) is 13.2 Å². The van der Waals surface area contributed by atoms with Crippen LogP contribution in [0.2, 0.25) is 5.02 Å². The van der Waals surface area contributed by atoms with E-state index < -0.39 is 4.92 Å². The Kier molecular flexibility index (Phi) is 4.01. The Labute approximate surface area is 114 Å². The molecule has 0 radical (unpaired) electrons. The van der Waals surface area contributed by atoms with Crippen LogP contribution in [0.1, 0.15) is 23.2 Å². The van der Waals surface area contributed by atoms with Crippen LogP contribution in [0.3, 0.4) is 0 Å². The number of nitro benzene ring substituents is 1. The average molecular weight is 285 g/mol. The first-order chi connectivity index (χ1) is 9.02. The van der Waals surface area contributed by atoms with Crippen molar-refractivity contribution >= 4 is 23.2 Å². The van der Waals surface area contributed by atoms with Gasteiger partial charge in [0.2, 0.25) is 0 Å². The van der Waals surface area contributed by atoms with Gasteiger partial charge in [-0.2, -0.15) is 0 Å². The van der Waals surface area contributed by atoms with Crippen LogP contribution in [0.15, 0.2) is 18.2 Å². The first kappa shape index (κ1) is 13.8. The van der Waals surface area contributed by atoms with E-state index in [9.17, 15) is 14.9 Å². The molecule has 19 heavy (non-hydrogen) atoms. The van der Waals surface area contributed by atoms with Crippen LogP contribution in [0.5, 0.6) is 0 Å². The zero-order chi connectivity index (χ0) is 14.0. The second-order valence-electron chi connectivity index (χ2n) is 4.41. The predicted molar refractivity (Wildman–Crippen MR) is 69.3 cm³/mol. The standard InChI is InChI=1S/C12H13ClN2O4/c13-9-5-8(6-11(7-9)15(18)19)12(17)14(3-4-16)10-1-2-10/h5-7,10,16H,1-4H2. The molecule has 2 rings (SSSR count). The number of halogens is 1. The van der Waals surface area contributed by atoms with E-state index in [4.69, 9.17) is 16.7 Å². The molecule has 0 unspecified atom stereocenters. The minimum absolute atomic E-state index is 0.123. The number of amides is 1. The van der Waals surface area contributed by atoms with Gasteiger partial charge < -0.3 is 10.0 Å². The molecule has 0 atom stereocenters. The Morgan fingerprint density at radius 1 is 1.47 bits per heavy atom. The van der Waals surface area contributed by atoms with E-state index >= 15 is 0 Å². The summed E-state index contributed by atoms with van der Waals surface area (Å²) < 4.78 is 0. The lowest BCUT2D eigenvalue weighted by molar-refractivity contribution is -0.384. The highest BCUT2D eigenvalue weighted by atomic mass is 35.5. The molecular weight excluding hydrogens is 272 g/mol. The van der Waals surface area contributed by atoms with Crippen LogP contribution in [0.25, 0.3) is 0 Å². The minimum atomic E-state index is -0.587. The van der Waals surface area contributed by atoms with Crippen molar-refractivity contribution in [3.8, 4) is 0 Å². The molecule has 0 spiro atoms. The number of nitro groups is 1. The summed E-state index contributed by atoms with van der Waals surface area (Å²) in [6, 6.07) is 3.94. The number of carbonyl (C=O) groups excluding carboxylic acids is 1. The quantitative estimate of drug-likeness (QED) is 0.660. The lowest BCUT2D eigenvalue weighted by atomic mass is 10.1. The molecule has 0 aliphatic heterocycles. The lowest BCUT2D eigenvalue weighted by Crippen LogP contribution is -2.35. The molecule has 1 saturated carbocycles. The Bertz CT molecular complexity index is 516. The number of benzene rings is 1. The lowest BCUT2D eigenvalue weighted by Gasteiger charge is -2.21. The van der Waals surface area contributed by atoms with Gasteiger partial charge in [-0.3, -0.25) is 14.9 Å². The fourth-order valence-corrected chi connectivity index (χ4v) is 2.14. The highest BCUT2D eigenvalue weighted by Gasteiger charge is 2.33. The Morgan fingerprint density at radius 2 is 2.16 bits per heavy atom. The van der Waals surface area contributed by atoms with E-state index in [1.807, 2.05) is 0 Å². The van der Waals surface area contributed by atoms with Gasteiger partial charge in [0.25, 0.3) is 11.6 Å². The number of aliphatic hydroxyl groups is 1. The van der Waals surface area contributed by atoms with Crippen LogP contribution in [0, 0.1) is 10.1 Å². The Balaban J connectivity index is 2.28. The highest BCUT2D eigenvalue weighted by Crippen LogP contribution is 2.29. The second kappa shape index (κ2) is 5.54. The normalized spacial score (nSPS) is 14.2. The van der Waals surface area contributed by atoms with Gasteiger partial charge in [-0.15, -0.1) is 0 Å². The zero-order valence-corrected chi connectivity index (χ0v) is 10.8. The number of aliphatic hydroxyl groups excluding tert-OH is 1. The Hall–Kier alpha value is -1.66. The number of carbonyl (C=O) groups is 1. The molecule has 0 aromatic heterocycles. The van der Waals surface area contributed by atoms with Crippen molar-refractivity contribution in [1.29, 1.82) is 0 Å². The van der Waals surface area contributed by atoms with Crippen molar-refractivity contribution in [2.24, 2.45) is 0 Å². The van der Waals surface area contributed by atoms with Gasteiger partial charge in [0.15, 0.2) is 0 Å². The van der Waals surface area contributed by atoms with Crippen LogP contribution in [-0.4, -0.2) is 40.0 Å². The summed E-state index contributed by atoms with van der Waals surface area (Å²) >= 11 is 5.79. The van der Waals surface area contributed by atoms with Crippen molar-refractivity contribution in [2.45, 2.75) is 18.9 Å². The summed E-state index contributed by atoms with van der Waals surface area (Å²) in [5.41, 5.74) is -0.0323. The molecule has 1 amide bonds. The van der Waals surface area contributed by atoms with Gasteiger partial charge in [-0.05, 0) is 18.9 Å².